The highest BCUT2D eigenvalue weighted by Gasteiger charge is 2.55. The van der Waals surface area contributed by atoms with Crippen LogP contribution in [0.3, 0.4) is 0 Å². The molecule has 2 fully saturated rings. The molecule has 2 heterocycles. The first-order chi connectivity index (χ1) is 10.2. The molecule has 2 aliphatic rings. The zero-order valence-electron chi connectivity index (χ0n) is 10.8. The van der Waals surface area contributed by atoms with Crippen LogP contribution in [0.5, 0.6) is 0 Å². The van der Waals surface area contributed by atoms with Crippen LogP contribution in [-0.2, 0) is 0 Å². The summed E-state index contributed by atoms with van der Waals surface area (Å²) in [5, 5.41) is 41.9. The summed E-state index contributed by atoms with van der Waals surface area (Å²) >= 11 is 0. The van der Waals surface area contributed by atoms with Gasteiger partial charge in [-0.1, -0.05) is 10.0 Å². The molecule has 0 radical (unpaired) electrons. The number of nitrogens with zero attached hydrogens (tertiary/aromatic N) is 8. The SMILES string of the molecule is O=[N+]([O-])N1C[C@H]([C@H]2CN([N+](=O)[O-])CN2[N+](=O)[O-])N([N+](=O)[O-])C1. The molecular weight excluding hydrogens is 312 g/mol. The van der Waals surface area contributed by atoms with Crippen molar-refractivity contribution in [3.8, 4) is 0 Å². The number of rotatable bonds is 5. The van der Waals surface area contributed by atoms with Gasteiger partial charge in [0.15, 0.2) is 20.1 Å². The Kier molecular flexibility index (Phi) is 3.66. The minimum absolute atomic E-state index is 0.450. The fraction of sp³-hybridized carbons (Fsp3) is 1.00. The van der Waals surface area contributed by atoms with E-state index in [1.807, 2.05) is 0 Å². The minimum atomic E-state index is -1.23. The summed E-state index contributed by atoms with van der Waals surface area (Å²) in [5.41, 5.74) is 0. The Hall–Kier alpha value is -3.20. The van der Waals surface area contributed by atoms with Crippen LogP contribution in [0.2, 0.25) is 0 Å². The molecule has 0 amide bonds. The lowest BCUT2D eigenvalue weighted by Gasteiger charge is -2.21. The summed E-state index contributed by atoms with van der Waals surface area (Å²) < 4.78 is 0. The van der Waals surface area contributed by atoms with E-state index in [9.17, 15) is 40.5 Å². The van der Waals surface area contributed by atoms with E-state index in [0.29, 0.717) is 20.0 Å². The van der Waals surface area contributed by atoms with Crippen LogP contribution >= 0.6 is 0 Å². The van der Waals surface area contributed by atoms with Crippen LogP contribution in [0.15, 0.2) is 0 Å². The first-order valence-electron chi connectivity index (χ1n) is 5.82. The molecule has 0 aromatic rings. The fourth-order valence-corrected chi connectivity index (χ4v) is 2.50. The van der Waals surface area contributed by atoms with Crippen molar-refractivity contribution in [2.24, 2.45) is 0 Å². The van der Waals surface area contributed by atoms with Crippen molar-refractivity contribution >= 4 is 0 Å². The van der Waals surface area contributed by atoms with E-state index in [-0.39, 0.29) is 0 Å². The third kappa shape index (κ3) is 2.52. The van der Waals surface area contributed by atoms with Crippen LogP contribution in [0.4, 0.5) is 0 Å². The average Bonchev–Trinajstić information content (AvgIpc) is 3.02. The molecule has 0 aromatic carbocycles. The second-order valence-electron chi connectivity index (χ2n) is 4.63. The van der Waals surface area contributed by atoms with Crippen molar-refractivity contribution in [1.82, 2.24) is 20.0 Å². The number of nitro groups is 4. The normalized spacial score (nSPS) is 24.7. The predicted molar refractivity (Wildman–Crippen MR) is 62.4 cm³/mol. The molecule has 0 bridgehead atoms. The van der Waals surface area contributed by atoms with Crippen molar-refractivity contribution in [3.63, 3.8) is 0 Å². The Morgan fingerprint density at radius 1 is 0.636 bits per heavy atom. The smallest absolute Gasteiger partial charge is 0.208 e. The molecule has 16 heteroatoms. The Bertz CT molecular complexity index is 481. The largest absolute Gasteiger partial charge is 0.235 e. The highest BCUT2D eigenvalue weighted by Crippen LogP contribution is 2.24. The summed E-state index contributed by atoms with van der Waals surface area (Å²) in [6, 6.07) is -2.45. The predicted octanol–water partition coefficient (Wildman–Crippen LogP) is -2.36. The first-order valence-corrected chi connectivity index (χ1v) is 5.82. The Morgan fingerprint density at radius 3 is 1.18 bits per heavy atom. The molecule has 2 rings (SSSR count). The van der Waals surface area contributed by atoms with Gasteiger partial charge in [-0.25, -0.2) is 40.5 Å². The monoisotopic (exact) mass is 322 g/mol. The molecule has 16 nitrogen and oxygen atoms in total. The van der Waals surface area contributed by atoms with Crippen molar-refractivity contribution in [2.75, 3.05) is 26.4 Å². The molecular formula is C6H10N8O8. The van der Waals surface area contributed by atoms with Gasteiger partial charge in [-0.05, 0) is 0 Å². The topological polar surface area (TPSA) is 186 Å². The second kappa shape index (κ2) is 5.30. The van der Waals surface area contributed by atoms with Crippen molar-refractivity contribution in [1.29, 1.82) is 0 Å². The quantitative estimate of drug-likeness (QED) is 0.387. The molecule has 2 saturated heterocycles. The van der Waals surface area contributed by atoms with Gasteiger partial charge < -0.3 is 0 Å². The summed E-state index contributed by atoms with van der Waals surface area (Å²) in [6.07, 6.45) is 0. The maximum Gasteiger partial charge on any atom is 0.208 e. The van der Waals surface area contributed by atoms with Gasteiger partial charge in [-0.3, -0.25) is 0 Å². The van der Waals surface area contributed by atoms with E-state index in [1.54, 1.807) is 0 Å². The minimum Gasteiger partial charge on any atom is -0.235 e. The number of hydrogen-bond donors (Lipinski definition) is 0. The van der Waals surface area contributed by atoms with Crippen LogP contribution in [0, 0.1) is 40.5 Å². The van der Waals surface area contributed by atoms with Crippen molar-refractivity contribution in [3.05, 3.63) is 40.5 Å². The second-order valence-corrected chi connectivity index (χ2v) is 4.63. The molecule has 2 aliphatic heterocycles. The summed E-state index contributed by atoms with van der Waals surface area (Å²) in [4.78, 5) is 43.4. The van der Waals surface area contributed by atoms with E-state index in [4.69, 9.17) is 0 Å². The van der Waals surface area contributed by atoms with Gasteiger partial charge in [0.1, 0.15) is 25.2 Å². The molecule has 0 aromatic heterocycles. The molecule has 122 valence electrons. The van der Waals surface area contributed by atoms with E-state index >= 15 is 0 Å². The van der Waals surface area contributed by atoms with E-state index in [2.05, 4.69) is 0 Å². The lowest BCUT2D eigenvalue weighted by Crippen LogP contribution is -2.52. The van der Waals surface area contributed by atoms with Gasteiger partial charge in [0.05, 0.1) is 0 Å². The molecule has 0 saturated carbocycles. The third-order valence-corrected chi connectivity index (χ3v) is 3.50. The Morgan fingerprint density at radius 2 is 0.955 bits per heavy atom. The van der Waals surface area contributed by atoms with Gasteiger partial charge in [-0.15, -0.1) is 10.0 Å². The van der Waals surface area contributed by atoms with Gasteiger partial charge in [0.2, 0.25) is 13.3 Å². The van der Waals surface area contributed by atoms with Crippen LogP contribution < -0.4 is 0 Å². The van der Waals surface area contributed by atoms with Crippen LogP contribution in [0.25, 0.3) is 0 Å². The summed E-state index contributed by atoms with van der Waals surface area (Å²) in [6.45, 7) is -2.22. The van der Waals surface area contributed by atoms with Gasteiger partial charge in [0, 0.05) is 0 Å². The highest BCUT2D eigenvalue weighted by molar-refractivity contribution is 4.90. The molecule has 2 atom stereocenters. The van der Waals surface area contributed by atoms with E-state index in [0.717, 1.165) is 0 Å². The first kappa shape index (κ1) is 15.2. The molecule has 0 unspecified atom stereocenters. The maximum atomic E-state index is 11.0. The van der Waals surface area contributed by atoms with Gasteiger partial charge in [-0.2, -0.15) is 0 Å². The van der Waals surface area contributed by atoms with Crippen molar-refractivity contribution < 1.29 is 20.1 Å². The summed E-state index contributed by atoms with van der Waals surface area (Å²) in [7, 11) is 0. The zero-order valence-corrected chi connectivity index (χ0v) is 10.8. The van der Waals surface area contributed by atoms with E-state index < -0.39 is 58.6 Å². The standard InChI is InChI=1S/C6H10N8O8/c15-11(16)7-1-5(9(3-7)13(19)20)6-2-8(12(17)18)4-10(6)14(21)22/h5-6H,1-4H2/t5-,6-/m1/s1. The fourth-order valence-electron chi connectivity index (χ4n) is 2.50. The van der Waals surface area contributed by atoms with Crippen LogP contribution in [-0.4, -0.2) is 78.7 Å². The van der Waals surface area contributed by atoms with Crippen LogP contribution in [0.1, 0.15) is 0 Å². The molecule has 0 spiro atoms. The Balaban J connectivity index is 2.26. The molecule has 0 N–H and O–H groups in total. The zero-order chi connectivity index (χ0) is 16.6. The Labute approximate surface area is 120 Å². The third-order valence-electron chi connectivity index (χ3n) is 3.50. The molecule has 22 heavy (non-hydrogen) atoms. The van der Waals surface area contributed by atoms with Gasteiger partial charge >= 0.3 is 0 Å². The van der Waals surface area contributed by atoms with Gasteiger partial charge in [0.25, 0.3) is 0 Å². The lowest BCUT2D eigenvalue weighted by atomic mass is 10.1. The number of hydrazine groups is 4. The van der Waals surface area contributed by atoms with Crippen molar-refractivity contribution in [2.45, 2.75) is 12.1 Å². The molecule has 0 aliphatic carbocycles. The summed E-state index contributed by atoms with van der Waals surface area (Å²) in [5.74, 6) is 0. The number of hydrogen-bond acceptors (Lipinski definition) is 8. The maximum absolute atomic E-state index is 11.0. The highest BCUT2D eigenvalue weighted by atomic mass is 16.7. The van der Waals surface area contributed by atoms with E-state index in [1.165, 1.54) is 0 Å². The lowest BCUT2D eigenvalue weighted by molar-refractivity contribution is -0.701. The average molecular weight is 322 g/mol.